The Hall–Kier alpha value is -1.22. The number of hydrogen-bond acceptors (Lipinski definition) is 3. The smallest absolute Gasteiger partial charge is 0.161 e. The molecule has 1 aromatic carbocycles. The van der Waals surface area contributed by atoms with Gasteiger partial charge in [-0.2, -0.15) is 0 Å². The highest BCUT2D eigenvalue weighted by Crippen LogP contribution is 2.31. The van der Waals surface area contributed by atoms with Gasteiger partial charge in [-0.15, -0.1) is 0 Å². The zero-order chi connectivity index (χ0) is 11.4. The van der Waals surface area contributed by atoms with E-state index in [1.165, 1.54) is 18.4 Å². The van der Waals surface area contributed by atoms with Crippen molar-refractivity contribution in [2.24, 2.45) is 0 Å². The maximum Gasteiger partial charge on any atom is 0.161 e. The molecule has 0 aliphatic carbocycles. The molecular formula is C13H19NO2. The maximum atomic E-state index is 9.62. The van der Waals surface area contributed by atoms with Crippen molar-refractivity contribution in [1.82, 2.24) is 5.32 Å². The minimum atomic E-state index is 0.224. The van der Waals surface area contributed by atoms with Crippen LogP contribution in [0.1, 0.15) is 37.8 Å². The molecule has 1 saturated heterocycles. The Bertz CT molecular complexity index is 346. The highest BCUT2D eigenvalue weighted by Gasteiger charge is 2.16. The van der Waals surface area contributed by atoms with E-state index < -0.39 is 0 Å². The summed E-state index contributed by atoms with van der Waals surface area (Å²) in [6.07, 6.45) is 3.69. The van der Waals surface area contributed by atoms with Crippen LogP contribution in [0.4, 0.5) is 0 Å². The van der Waals surface area contributed by atoms with E-state index in [9.17, 15) is 5.11 Å². The van der Waals surface area contributed by atoms with E-state index in [0.717, 1.165) is 13.0 Å². The monoisotopic (exact) mass is 221 g/mol. The van der Waals surface area contributed by atoms with E-state index in [1.807, 2.05) is 19.1 Å². The molecule has 0 saturated carbocycles. The fourth-order valence-electron chi connectivity index (χ4n) is 2.15. The Morgan fingerprint density at radius 2 is 2.31 bits per heavy atom. The summed E-state index contributed by atoms with van der Waals surface area (Å²) in [5.74, 6) is 0.814. The Balaban J connectivity index is 2.17. The molecule has 3 nitrogen and oxygen atoms in total. The zero-order valence-corrected chi connectivity index (χ0v) is 9.70. The first-order chi connectivity index (χ1) is 7.81. The van der Waals surface area contributed by atoms with Crippen LogP contribution < -0.4 is 10.1 Å². The number of piperidine rings is 1. The van der Waals surface area contributed by atoms with Crippen molar-refractivity contribution in [3.8, 4) is 11.5 Å². The van der Waals surface area contributed by atoms with Crippen LogP contribution in [0.5, 0.6) is 11.5 Å². The second-order valence-electron chi connectivity index (χ2n) is 4.16. The molecule has 1 fully saturated rings. The normalized spacial score (nSPS) is 20.7. The third kappa shape index (κ3) is 2.47. The van der Waals surface area contributed by atoms with Gasteiger partial charge in [0.05, 0.1) is 6.61 Å². The minimum Gasteiger partial charge on any atom is -0.504 e. The van der Waals surface area contributed by atoms with Crippen LogP contribution in [0.15, 0.2) is 18.2 Å². The molecule has 2 rings (SSSR count). The molecule has 1 aromatic rings. The summed E-state index contributed by atoms with van der Waals surface area (Å²) in [6.45, 7) is 3.58. The van der Waals surface area contributed by atoms with Gasteiger partial charge < -0.3 is 15.2 Å². The van der Waals surface area contributed by atoms with Gasteiger partial charge in [-0.1, -0.05) is 12.5 Å². The molecule has 0 aromatic heterocycles. The fraction of sp³-hybridized carbons (Fsp3) is 0.538. The molecule has 1 atom stereocenters. The molecule has 88 valence electrons. The van der Waals surface area contributed by atoms with Crippen molar-refractivity contribution in [1.29, 1.82) is 0 Å². The van der Waals surface area contributed by atoms with Gasteiger partial charge >= 0.3 is 0 Å². The predicted octanol–water partition coefficient (Wildman–Crippen LogP) is 2.61. The number of phenolic OH excluding ortho intramolecular Hbond substituents is 1. The maximum absolute atomic E-state index is 9.62. The van der Waals surface area contributed by atoms with Gasteiger partial charge in [-0.25, -0.2) is 0 Å². The molecule has 3 heteroatoms. The quantitative estimate of drug-likeness (QED) is 0.824. The summed E-state index contributed by atoms with van der Waals surface area (Å²) < 4.78 is 5.39. The fourth-order valence-corrected chi connectivity index (χ4v) is 2.15. The average Bonchev–Trinajstić information content (AvgIpc) is 2.33. The van der Waals surface area contributed by atoms with E-state index in [0.29, 0.717) is 18.4 Å². The topological polar surface area (TPSA) is 41.5 Å². The van der Waals surface area contributed by atoms with E-state index >= 15 is 0 Å². The van der Waals surface area contributed by atoms with Crippen molar-refractivity contribution < 1.29 is 9.84 Å². The summed E-state index contributed by atoms with van der Waals surface area (Å²) in [5, 5.41) is 13.1. The Morgan fingerprint density at radius 1 is 1.44 bits per heavy atom. The van der Waals surface area contributed by atoms with Crippen molar-refractivity contribution >= 4 is 0 Å². The standard InChI is InChI=1S/C13H19NO2/c1-2-16-13-9-10(6-7-12(13)15)11-5-3-4-8-14-11/h6-7,9,11,14-15H,2-5,8H2,1H3/t11-/m0/s1. The molecule has 0 bridgehead atoms. The molecule has 0 spiro atoms. The third-order valence-electron chi connectivity index (χ3n) is 3.00. The van der Waals surface area contributed by atoms with Crippen molar-refractivity contribution in [3.05, 3.63) is 23.8 Å². The summed E-state index contributed by atoms with van der Waals surface area (Å²) in [4.78, 5) is 0. The summed E-state index contributed by atoms with van der Waals surface area (Å²) in [5.41, 5.74) is 1.21. The lowest BCUT2D eigenvalue weighted by atomic mass is 9.97. The van der Waals surface area contributed by atoms with E-state index in [1.54, 1.807) is 6.07 Å². The largest absolute Gasteiger partial charge is 0.504 e. The lowest BCUT2D eigenvalue weighted by Crippen LogP contribution is -2.26. The lowest BCUT2D eigenvalue weighted by molar-refractivity contribution is 0.316. The molecule has 0 radical (unpaired) electrons. The average molecular weight is 221 g/mol. The van der Waals surface area contributed by atoms with E-state index in [2.05, 4.69) is 5.32 Å². The summed E-state index contributed by atoms with van der Waals surface area (Å²) >= 11 is 0. The Kier molecular flexibility index (Phi) is 3.67. The highest BCUT2D eigenvalue weighted by molar-refractivity contribution is 5.42. The first kappa shape index (κ1) is 11.3. The van der Waals surface area contributed by atoms with Crippen LogP contribution in [0.25, 0.3) is 0 Å². The number of benzene rings is 1. The van der Waals surface area contributed by atoms with Gasteiger partial charge in [0, 0.05) is 6.04 Å². The van der Waals surface area contributed by atoms with Crippen molar-refractivity contribution in [2.75, 3.05) is 13.2 Å². The Labute approximate surface area is 96.4 Å². The summed E-state index contributed by atoms with van der Waals surface area (Å²) in [6, 6.07) is 6.05. The van der Waals surface area contributed by atoms with Crippen LogP contribution in [-0.4, -0.2) is 18.3 Å². The number of hydrogen-bond donors (Lipinski definition) is 2. The van der Waals surface area contributed by atoms with Gasteiger partial charge in [-0.05, 0) is 44.0 Å². The van der Waals surface area contributed by atoms with Crippen molar-refractivity contribution in [3.63, 3.8) is 0 Å². The van der Waals surface area contributed by atoms with Gasteiger partial charge in [0.15, 0.2) is 11.5 Å². The molecule has 0 amide bonds. The first-order valence-corrected chi connectivity index (χ1v) is 6.00. The van der Waals surface area contributed by atoms with Gasteiger partial charge in [0.1, 0.15) is 0 Å². The molecule has 16 heavy (non-hydrogen) atoms. The van der Waals surface area contributed by atoms with Crippen LogP contribution in [0, 0.1) is 0 Å². The lowest BCUT2D eigenvalue weighted by Gasteiger charge is -2.24. The van der Waals surface area contributed by atoms with E-state index in [-0.39, 0.29) is 5.75 Å². The molecule has 1 aliphatic rings. The highest BCUT2D eigenvalue weighted by atomic mass is 16.5. The van der Waals surface area contributed by atoms with Crippen LogP contribution in [0.2, 0.25) is 0 Å². The molecule has 1 heterocycles. The predicted molar refractivity (Wildman–Crippen MR) is 63.9 cm³/mol. The second kappa shape index (κ2) is 5.21. The number of aromatic hydroxyl groups is 1. The first-order valence-electron chi connectivity index (χ1n) is 6.00. The van der Waals surface area contributed by atoms with Crippen LogP contribution in [-0.2, 0) is 0 Å². The minimum absolute atomic E-state index is 0.224. The van der Waals surface area contributed by atoms with Gasteiger partial charge in [-0.3, -0.25) is 0 Å². The second-order valence-corrected chi connectivity index (χ2v) is 4.16. The number of rotatable bonds is 3. The Morgan fingerprint density at radius 3 is 3.00 bits per heavy atom. The zero-order valence-electron chi connectivity index (χ0n) is 9.70. The number of nitrogens with one attached hydrogen (secondary N) is 1. The molecule has 0 unspecified atom stereocenters. The van der Waals surface area contributed by atoms with Crippen molar-refractivity contribution in [2.45, 2.75) is 32.2 Å². The molecule has 1 aliphatic heterocycles. The number of ether oxygens (including phenoxy) is 1. The van der Waals surface area contributed by atoms with Gasteiger partial charge in [0.25, 0.3) is 0 Å². The van der Waals surface area contributed by atoms with Gasteiger partial charge in [0.2, 0.25) is 0 Å². The summed E-state index contributed by atoms with van der Waals surface area (Å²) in [7, 11) is 0. The SMILES string of the molecule is CCOc1cc([C@@H]2CCCCN2)ccc1O. The third-order valence-corrected chi connectivity index (χ3v) is 3.00. The molecular weight excluding hydrogens is 202 g/mol. The van der Waals surface area contributed by atoms with Crippen LogP contribution in [0.3, 0.4) is 0 Å². The molecule has 2 N–H and O–H groups in total. The van der Waals surface area contributed by atoms with Crippen LogP contribution >= 0.6 is 0 Å². The number of phenols is 1. The van der Waals surface area contributed by atoms with E-state index in [4.69, 9.17) is 4.74 Å².